The van der Waals surface area contributed by atoms with Crippen molar-refractivity contribution < 1.29 is 15.0 Å². The van der Waals surface area contributed by atoms with E-state index < -0.39 is 6.09 Å². The molecule has 0 saturated carbocycles. The van der Waals surface area contributed by atoms with Crippen LogP contribution in [0.2, 0.25) is 0 Å². The summed E-state index contributed by atoms with van der Waals surface area (Å²) in [6.07, 6.45) is 5.72. The SMILES string of the molecule is O=C(O)N1CCC(CC=CCO)CC1. The van der Waals surface area contributed by atoms with Crippen molar-refractivity contribution in [2.45, 2.75) is 19.3 Å². The van der Waals surface area contributed by atoms with Crippen molar-refractivity contribution in [2.24, 2.45) is 5.92 Å². The summed E-state index contributed by atoms with van der Waals surface area (Å²) in [5.74, 6) is 0.577. The van der Waals surface area contributed by atoms with Crippen molar-refractivity contribution in [3.05, 3.63) is 12.2 Å². The van der Waals surface area contributed by atoms with E-state index in [1.807, 2.05) is 6.08 Å². The first kappa shape index (κ1) is 11.0. The third-order valence-electron chi connectivity index (χ3n) is 2.63. The van der Waals surface area contributed by atoms with Gasteiger partial charge in [0.25, 0.3) is 0 Å². The molecule has 4 heteroatoms. The lowest BCUT2D eigenvalue weighted by atomic mass is 9.94. The molecule has 1 fully saturated rings. The first-order valence-corrected chi connectivity index (χ1v) is 4.97. The largest absolute Gasteiger partial charge is 0.465 e. The Morgan fingerprint density at radius 3 is 2.50 bits per heavy atom. The van der Waals surface area contributed by atoms with E-state index in [1.54, 1.807) is 6.08 Å². The molecule has 0 unspecified atom stereocenters. The molecule has 2 N–H and O–H groups in total. The zero-order valence-corrected chi connectivity index (χ0v) is 8.22. The van der Waals surface area contributed by atoms with Crippen LogP contribution in [0.4, 0.5) is 4.79 Å². The summed E-state index contributed by atoms with van der Waals surface area (Å²) in [7, 11) is 0. The highest BCUT2D eigenvalue weighted by molar-refractivity contribution is 5.64. The number of hydrogen-bond donors (Lipinski definition) is 2. The van der Waals surface area contributed by atoms with Crippen molar-refractivity contribution in [3.63, 3.8) is 0 Å². The number of amides is 1. The summed E-state index contributed by atoms with van der Waals surface area (Å²) in [5, 5.41) is 17.3. The Morgan fingerprint density at radius 1 is 1.36 bits per heavy atom. The molecule has 0 aromatic carbocycles. The maximum absolute atomic E-state index is 10.6. The van der Waals surface area contributed by atoms with Gasteiger partial charge >= 0.3 is 6.09 Å². The van der Waals surface area contributed by atoms with Crippen LogP contribution in [0, 0.1) is 5.92 Å². The normalized spacial score (nSPS) is 19.1. The van der Waals surface area contributed by atoms with E-state index in [0.29, 0.717) is 19.0 Å². The number of rotatable bonds is 3. The minimum atomic E-state index is -0.811. The molecule has 1 aliphatic rings. The van der Waals surface area contributed by atoms with Crippen LogP contribution in [0.25, 0.3) is 0 Å². The molecule has 0 aromatic rings. The topological polar surface area (TPSA) is 60.8 Å². The first-order chi connectivity index (χ1) is 6.74. The molecule has 1 heterocycles. The number of piperidine rings is 1. The van der Waals surface area contributed by atoms with Crippen LogP contribution < -0.4 is 0 Å². The Kier molecular flexibility index (Phi) is 4.46. The fourth-order valence-electron chi connectivity index (χ4n) is 1.72. The van der Waals surface area contributed by atoms with Crippen LogP contribution in [0.5, 0.6) is 0 Å². The number of hydrogen-bond acceptors (Lipinski definition) is 2. The predicted octanol–water partition coefficient (Wildman–Crippen LogP) is 1.31. The van der Waals surface area contributed by atoms with E-state index in [1.165, 1.54) is 4.90 Å². The molecule has 0 aliphatic carbocycles. The molecule has 4 nitrogen and oxygen atoms in total. The number of nitrogens with zero attached hydrogens (tertiary/aromatic N) is 1. The molecule has 1 saturated heterocycles. The Hall–Kier alpha value is -1.03. The molecule has 14 heavy (non-hydrogen) atoms. The second kappa shape index (κ2) is 5.65. The zero-order valence-electron chi connectivity index (χ0n) is 8.22. The van der Waals surface area contributed by atoms with Gasteiger partial charge in [0.15, 0.2) is 0 Å². The second-order valence-corrected chi connectivity index (χ2v) is 3.60. The minimum Gasteiger partial charge on any atom is -0.465 e. The molecular weight excluding hydrogens is 182 g/mol. The molecule has 80 valence electrons. The van der Waals surface area contributed by atoms with E-state index in [-0.39, 0.29) is 6.61 Å². The van der Waals surface area contributed by atoms with E-state index in [0.717, 1.165) is 19.3 Å². The van der Waals surface area contributed by atoms with Crippen LogP contribution >= 0.6 is 0 Å². The van der Waals surface area contributed by atoms with Gasteiger partial charge in [-0.2, -0.15) is 0 Å². The standard InChI is InChI=1S/C10H17NO3/c12-8-2-1-3-9-4-6-11(7-5-9)10(13)14/h1-2,9,12H,3-8H2,(H,13,14). The molecule has 1 amide bonds. The van der Waals surface area contributed by atoms with Crippen molar-refractivity contribution in [3.8, 4) is 0 Å². The summed E-state index contributed by atoms with van der Waals surface area (Å²) < 4.78 is 0. The zero-order chi connectivity index (χ0) is 10.4. The summed E-state index contributed by atoms with van der Waals surface area (Å²) >= 11 is 0. The fraction of sp³-hybridized carbons (Fsp3) is 0.700. The first-order valence-electron chi connectivity index (χ1n) is 4.97. The number of carbonyl (C=O) groups is 1. The lowest BCUT2D eigenvalue weighted by Gasteiger charge is -2.29. The number of carboxylic acid groups (broad SMARTS) is 1. The van der Waals surface area contributed by atoms with Crippen LogP contribution in [0.1, 0.15) is 19.3 Å². The van der Waals surface area contributed by atoms with Crippen molar-refractivity contribution in [1.29, 1.82) is 0 Å². The van der Waals surface area contributed by atoms with Crippen molar-refractivity contribution >= 4 is 6.09 Å². The van der Waals surface area contributed by atoms with Gasteiger partial charge in [0, 0.05) is 13.1 Å². The Balaban J connectivity index is 2.22. The van der Waals surface area contributed by atoms with Crippen molar-refractivity contribution in [2.75, 3.05) is 19.7 Å². The van der Waals surface area contributed by atoms with Gasteiger partial charge in [0.05, 0.1) is 6.61 Å². The third kappa shape index (κ3) is 3.38. The Labute approximate surface area is 83.8 Å². The van der Waals surface area contributed by atoms with E-state index >= 15 is 0 Å². The summed E-state index contributed by atoms with van der Waals surface area (Å²) in [4.78, 5) is 12.1. The highest BCUT2D eigenvalue weighted by Crippen LogP contribution is 2.20. The molecule has 0 bridgehead atoms. The lowest BCUT2D eigenvalue weighted by Crippen LogP contribution is -2.37. The van der Waals surface area contributed by atoms with E-state index in [2.05, 4.69) is 0 Å². The number of aliphatic hydroxyl groups is 1. The van der Waals surface area contributed by atoms with E-state index in [4.69, 9.17) is 10.2 Å². The Morgan fingerprint density at radius 2 is 2.00 bits per heavy atom. The molecule has 1 rings (SSSR count). The average Bonchev–Trinajstić information content (AvgIpc) is 2.19. The van der Waals surface area contributed by atoms with Crippen LogP contribution in [0.15, 0.2) is 12.2 Å². The van der Waals surface area contributed by atoms with Gasteiger partial charge in [-0.05, 0) is 25.2 Å². The van der Waals surface area contributed by atoms with E-state index in [9.17, 15) is 4.79 Å². The van der Waals surface area contributed by atoms with Gasteiger partial charge in [-0.3, -0.25) is 0 Å². The number of likely N-dealkylation sites (tertiary alicyclic amines) is 1. The Bertz CT molecular complexity index is 207. The minimum absolute atomic E-state index is 0.0912. The van der Waals surface area contributed by atoms with Gasteiger partial charge in [0.2, 0.25) is 0 Å². The lowest BCUT2D eigenvalue weighted by molar-refractivity contribution is 0.125. The third-order valence-corrected chi connectivity index (χ3v) is 2.63. The highest BCUT2D eigenvalue weighted by atomic mass is 16.4. The number of allylic oxidation sites excluding steroid dienone is 1. The summed E-state index contributed by atoms with van der Waals surface area (Å²) in [6, 6.07) is 0. The molecule has 0 aromatic heterocycles. The summed E-state index contributed by atoms with van der Waals surface area (Å²) in [6.45, 7) is 1.38. The predicted molar refractivity (Wildman–Crippen MR) is 53.2 cm³/mol. The van der Waals surface area contributed by atoms with Gasteiger partial charge in [-0.1, -0.05) is 12.2 Å². The monoisotopic (exact) mass is 199 g/mol. The van der Waals surface area contributed by atoms with Crippen LogP contribution in [-0.4, -0.2) is 40.9 Å². The maximum atomic E-state index is 10.6. The molecule has 1 aliphatic heterocycles. The van der Waals surface area contributed by atoms with Gasteiger partial charge in [0.1, 0.15) is 0 Å². The molecule has 0 radical (unpaired) electrons. The smallest absolute Gasteiger partial charge is 0.407 e. The highest BCUT2D eigenvalue weighted by Gasteiger charge is 2.20. The maximum Gasteiger partial charge on any atom is 0.407 e. The quantitative estimate of drug-likeness (QED) is 0.674. The van der Waals surface area contributed by atoms with Crippen LogP contribution in [-0.2, 0) is 0 Å². The van der Waals surface area contributed by atoms with Gasteiger partial charge in [-0.15, -0.1) is 0 Å². The van der Waals surface area contributed by atoms with Crippen LogP contribution in [0.3, 0.4) is 0 Å². The van der Waals surface area contributed by atoms with Crippen molar-refractivity contribution in [1.82, 2.24) is 4.90 Å². The number of aliphatic hydroxyl groups excluding tert-OH is 1. The fourth-order valence-corrected chi connectivity index (χ4v) is 1.72. The van der Waals surface area contributed by atoms with Gasteiger partial charge in [-0.25, -0.2) is 4.79 Å². The average molecular weight is 199 g/mol. The summed E-state index contributed by atoms with van der Waals surface area (Å²) in [5.41, 5.74) is 0. The molecule has 0 spiro atoms. The van der Waals surface area contributed by atoms with Gasteiger partial charge < -0.3 is 15.1 Å². The molecule has 0 atom stereocenters. The second-order valence-electron chi connectivity index (χ2n) is 3.60. The molecular formula is C10H17NO3.